The quantitative estimate of drug-likeness (QED) is 0.836. The van der Waals surface area contributed by atoms with Crippen LogP contribution in [0.25, 0.3) is 0 Å². The van der Waals surface area contributed by atoms with Crippen LogP contribution in [-0.4, -0.2) is 33.5 Å². The monoisotopic (exact) mass is 333 g/mol. The number of carbonyl (C=O) groups is 1. The first kappa shape index (κ1) is 17.9. The SMILES string of the molecule is C[C@@H](CN)NS(=O)(=O)c1ccc(N2CCCC2=O)cc1.Cl. The van der Waals surface area contributed by atoms with Crippen LogP contribution in [0.5, 0.6) is 0 Å². The number of carbonyl (C=O) groups excluding carboxylic acids is 1. The van der Waals surface area contributed by atoms with Crippen LogP contribution < -0.4 is 15.4 Å². The summed E-state index contributed by atoms with van der Waals surface area (Å²) in [6, 6.07) is 6.01. The van der Waals surface area contributed by atoms with Crippen molar-refractivity contribution in [2.45, 2.75) is 30.7 Å². The van der Waals surface area contributed by atoms with Crippen LogP contribution in [0, 0.1) is 0 Å². The number of hydrogen-bond acceptors (Lipinski definition) is 4. The maximum Gasteiger partial charge on any atom is 0.240 e. The summed E-state index contributed by atoms with van der Waals surface area (Å²) in [5.41, 5.74) is 6.14. The van der Waals surface area contributed by atoms with Crippen LogP contribution in [0.3, 0.4) is 0 Å². The molecular formula is C13H20ClN3O3S. The van der Waals surface area contributed by atoms with Crippen LogP contribution in [0.15, 0.2) is 29.2 Å². The Hall–Kier alpha value is -1.15. The van der Waals surface area contributed by atoms with Crippen molar-refractivity contribution in [3.63, 3.8) is 0 Å². The number of rotatable bonds is 5. The fraction of sp³-hybridized carbons (Fsp3) is 0.462. The molecule has 3 N–H and O–H groups in total. The van der Waals surface area contributed by atoms with Gasteiger partial charge in [0.25, 0.3) is 0 Å². The van der Waals surface area contributed by atoms with Crippen molar-refractivity contribution in [2.24, 2.45) is 5.73 Å². The standard InChI is InChI=1S/C13H19N3O3S.ClH/c1-10(9-14)15-20(18,19)12-6-4-11(5-7-12)16-8-2-3-13(16)17;/h4-7,10,15H,2-3,8-9,14H2,1H3;1H/t10-;/m0./s1. The van der Waals surface area contributed by atoms with Crippen LogP contribution in [0.1, 0.15) is 19.8 Å². The molecular weight excluding hydrogens is 314 g/mol. The molecule has 0 unspecified atom stereocenters. The van der Waals surface area contributed by atoms with E-state index in [4.69, 9.17) is 5.73 Å². The second-order valence-electron chi connectivity index (χ2n) is 4.90. The summed E-state index contributed by atoms with van der Waals surface area (Å²) in [6.07, 6.45) is 1.39. The van der Waals surface area contributed by atoms with Crippen LogP contribution in [0.2, 0.25) is 0 Å². The Morgan fingerprint density at radius 1 is 1.33 bits per heavy atom. The highest BCUT2D eigenvalue weighted by molar-refractivity contribution is 7.89. The fourth-order valence-corrected chi connectivity index (χ4v) is 3.36. The number of benzene rings is 1. The van der Waals surface area contributed by atoms with E-state index in [-0.39, 0.29) is 35.8 Å². The number of hydrogen-bond donors (Lipinski definition) is 2. The van der Waals surface area contributed by atoms with Crippen molar-refractivity contribution in [2.75, 3.05) is 18.0 Å². The van der Waals surface area contributed by atoms with Gasteiger partial charge in [0.05, 0.1) is 4.90 Å². The number of halogens is 1. The lowest BCUT2D eigenvalue weighted by Crippen LogP contribution is -2.37. The fourth-order valence-electron chi connectivity index (χ4n) is 2.11. The van der Waals surface area contributed by atoms with Crippen molar-refractivity contribution >= 4 is 34.0 Å². The van der Waals surface area contributed by atoms with Gasteiger partial charge in [-0.05, 0) is 37.6 Å². The molecule has 21 heavy (non-hydrogen) atoms. The molecule has 0 saturated carbocycles. The van der Waals surface area contributed by atoms with Gasteiger partial charge in [-0.15, -0.1) is 12.4 Å². The Morgan fingerprint density at radius 3 is 2.43 bits per heavy atom. The van der Waals surface area contributed by atoms with Gasteiger partial charge in [-0.25, -0.2) is 13.1 Å². The van der Waals surface area contributed by atoms with E-state index in [0.717, 1.165) is 12.1 Å². The van der Waals surface area contributed by atoms with Crippen LogP contribution in [0.4, 0.5) is 5.69 Å². The molecule has 1 aromatic rings. The predicted molar refractivity (Wildman–Crippen MR) is 84.1 cm³/mol. The molecule has 0 aromatic heterocycles. The highest BCUT2D eigenvalue weighted by Crippen LogP contribution is 2.22. The Labute approximate surface area is 131 Å². The van der Waals surface area contributed by atoms with Gasteiger partial charge in [0.1, 0.15) is 0 Å². The van der Waals surface area contributed by atoms with E-state index in [0.29, 0.717) is 13.0 Å². The van der Waals surface area contributed by atoms with Crippen molar-refractivity contribution in [3.8, 4) is 0 Å². The molecule has 1 aliphatic heterocycles. The van der Waals surface area contributed by atoms with E-state index in [2.05, 4.69) is 4.72 Å². The second-order valence-corrected chi connectivity index (χ2v) is 6.61. The highest BCUT2D eigenvalue weighted by Gasteiger charge is 2.22. The number of nitrogens with zero attached hydrogens (tertiary/aromatic N) is 1. The second kappa shape index (κ2) is 7.22. The minimum atomic E-state index is -3.56. The maximum absolute atomic E-state index is 12.1. The zero-order chi connectivity index (χ0) is 14.8. The molecule has 1 aromatic carbocycles. The van der Waals surface area contributed by atoms with Gasteiger partial charge >= 0.3 is 0 Å². The molecule has 6 nitrogen and oxygen atoms in total. The van der Waals surface area contributed by atoms with E-state index in [9.17, 15) is 13.2 Å². The molecule has 1 fully saturated rings. The number of amides is 1. The van der Waals surface area contributed by atoms with Gasteiger partial charge in [-0.1, -0.05) is 0 Å². The molecule has 8 heteroatoms. The van der Waals surface area contributed by atoms with Crippen LogP contribution in [-0.2, 0) is 14.8 Å². The summed E-state index contributed by atoms with van der Waals surface area (Å²) in [5.74, 6) is 0.0792. The third-order valence-electron chi connectivity index (χ3n) is 3.24. The van der Waals surface area contributed by atoms with Crippen molar-refractivity contribution in [3.05, 3.63) is 24.3 Å². The molecule has 118 valence electrons. The van der Waals surface area contributed by atoms with E-state index >= 15 is 0 Å². The van der Waals surface area contributed by atoms with Crippen LogP contribution >= 0.6 is 12.4 Å². The van der Waals surface area contributed by atoms with E-state index < -0.39 is 10.0 Å². The summed E-state index contributed by atoms with van der Waals surface area (Å²) < 4.78 is 26.6. The first-order chi connectivity index (χ1) is 9.44. The molecule has 0 aliphatic carbocycles. The number of nitrogens with one attached hydrogen (secondary N) is 1. The van der Waals surface area contributed by atoms with E-state index in [1.165, 1.54) is 12.1 Å². The topological polar surface area (TPSA) is 92.5 Å². The minimum Gasteiger partial charge on any atom is -0.329 e. The zero-order valence-corrected chi connectivity index (χ0v) is 13.4. The van der Waals surface area contributed by atoms with Gasteiger partial charge in [-0.3, -0.25) is 4.79 Å². The normalized spacial score (nSPS) is 16.7. The predicted octanol–water partition coefficient (Wildman–Crippen LogP) is 0.861. The summed E-state index contributed by atoms with van der Waals surface area (Å²) in [7, 11) is -3.56. The van der Waals surface area contributed by atoms with Crippen molar-refractivity contribution in [1.29, 1.82) is 0 Å². The minimum absolute atomic E-state index is 0. The van der Waals surface area contributed by atoms with E-state index in [1.54, 1.807) is 24.0 Å². The Bertz CT molecular complexity index is 589. The Morgan fingerprint density at radius 2 is 1.95 bits per heavy atom. The number of sulfonamides is 1. The largest absolute Gasteiger partial charge is 0.329 e. The molecule has 2 rings (SSSR count). The molecule has 1 aliphatic rings. The van der Waals surface area contributed by atoms with E-state index in [1.807, 2.05) is 0 Å². The molecule has 1 heterocycles. The summed E-state index contributed by atoms with van der Waals surface area (Å²) in [5, 5.41) is 0. The van der Waals surface area contributed by atoms with Gasteiger partial charge in [0, 0.05) is 31.2 Å². The smallest absolute Gasteiger partial charge is 0.240 e. The first-order valence-electron chi connectivity index (χ1n) is 6.57. The number of anilines is 1. The molecule has 1 amide bonds. The van der Waals surface area contributed by atoms with Gasteiger partial charge < -0.3 is 10.6 Å². The summed E-state index contributed by atoms with van der Waals surface area (Å²) in [4.78, 5) is 13.5. The molecule has 0 spiro atoms. The number of nitrogens with two attached hydrogens (primary N) is 1. The lowest BCUT2D eigenvalue weighted by Gasteiger charge is -2.16. The molecule has 0 bridgehead atoms. The first-order valence-corrected chi connectivity index (χ1v) is 8.05. The Kier molecular flexibility index (Phi) is 6.15. The van der Waals surface area contributed by atoms with Gasteiger partial charge in [0.2, 0.25) is 15.9 Å². The lowest BCUT2D eigenvalue weighted by atomic mass is 10.3. The maximum atomic E-state index is 12.1. The highest BCUT2D eigenvalue weighted by atomic mass is 35.5. The Balaban J connectivity index is 0.00000220. The van der Waals surface area contributed by atoms with Crippen molar-refractivity contribution in [1.82, 2.24) is 4.72 Å². The summed E-state index contributed by atoms with van der Waals surface area (Å²) in [6.45, 7) is 2.63. The zero-order valence-electron chi connectivity index (χ0n) is 11.8. The molecule has 0 radical (unpaired) electrons. The molecule has 1 saturated heterocycles. The van der Waals surface area contributed by atoms with Crippen molar-refractivity contribution < 1.29 is 13.2 Å². The third kappa shape index (κ3) is 4.16. The molecule has 1 atom stereocenters. The van der Waals surface area contributed by atoms with Gasteiger partial charge in [-0.2, -0.15) is 0 Å². The average Bonchev–Trinajstić information content (AvgIpc) is 2.84. The third-order valence-corrected chi connectivity index (χ3v) is 4.85. The average molecular weight is 334 g/mol. The summed E-state index contributed by atoms with van der Waals surface area (Å²) >= 11 is 0. The lowest BCUT2D eigenvalue weighted by molar-refractivity contribution is -0.117. The van der Waals surface area contributed by atoms with Gasteiger partial charge in [0.15, 0.2) is 0 Å².